The third-order valence-corrected chi connectivity index (χ3v) is 2.60. The molecule has 0 spiro atoms. The van der Waals surface area contributed by atoms with Gasteiger partial charge in [-0.1, -0.05) is 0 Å². The molecule has 0 aliphatic carbocycles. The highest BCUT2D eigenvalue weighted by Gasteiger charge is 2.13. The van der Waals surface area contributed by atoms with Crippen LogP contribution in [0.4, 0.5) is 0 Å². The van der Waals surface area contributed by atoms with Gasteiger partial charge in [0.2, 0.25) is 0 Å². The topological polar surface area (TPSA) is 38.1 Å². The van der Waals surface area contributed by atoms with E-state index >= 15 is 0 Å². The van der Waals surface area contributed by atoms with Crippen LogP contribution in [-0.4, -0.2) is 40.1 Å². The Balaban J connectivity index is 1.86. The number of rotatable bonds is 4. The molecule has 4 nitrogen and oxygen atoms in total. The molecule has 1 aromatic heterocycles. The number of hydrogen-bond acceptors (Lipinski definition) is 3. The average Bonchev–Trinajstić information content (AvgIpc) is 2.50. The summed E-state index contributed by atoms with van der Waals surface area (Å²) in [5.74, 6) is 0.0349. The molecule has 2 rings (SSSR count). The lowest BCUT2D eigenvalue weighted by molar-refractivity contribution is 0.101. The van der Waals surface area contributed by atoms with Gasteiger partial charge in [-0.15, -0.1) is 0 Å². The number of ketones is 1. The normalized spacial score (nSPS) is 16.6. The van der Waals surface area contributed by atoms with Crippen LogP contribution in [0.5, 0.6) is 0 Å². The fraction of sp³-hybridized carbons (Fsp3) is 0.600. The molecular weight excluding hydrogens is 178 g/mol. The van der Waals surface area contributed by atoms with Gasteiger partial charge in [0.25, 0.3) is 0 Å². The minimum Gasteiger partial charge on any atom is -0.301 e. The highest BCUT2D eigenvalue weighted by atomic mass is 16.1. The van der Waals surface area contributed by atoms with Crippen LogP contribution in [-0.2, 0) is 6.54 Å². The molecule has 0 atom stereocenters. The summed E-state index contributed by atoms with van der Waals surface area (Å²) in [7, 11) is 0. The molecule has 0 amide bonds. The average molecular weight is 193 g/mol. The van der Waals surface area contributed by atoms with Crippen molar-refractivity contribution in [1.82, 2.24) is 14.7 Å². The molecule has 76 valence electrons. The molecule has 1 aliphatic rings. The summed E-state index contributed by atoms with van der Waals surface area (Å²) >= 11 is 0. The summed E-state index contributed by atoms with van der Waals surface area (Å²) in [5.41, 5.74) is 0.564. The van der Waals surface area contributed by atoms with Crippen LogP contribution in [0.3, 0.4) is 0 Å². The molecule has 0 bridgehead atoms. The Labute approximate surface area is 83.5 Å². The highest BCUT2D eigenvalue weighted by molar-refractivity contribution is 5.91. The van der Waals surface area contributed by atoms with Crippen molar-refractivity contribution >= 4 is 5.78 Å². The van der Waals surface area contributed by atoms with E-state index in [0.717, 1.165) is 13.1 Å². The van der Waals surface area contributed by atoms with Crippen molar-refractivity contribution in [2.75, 3.05) is 19.6 Å². The van der Waals surface area contributed by atoms with Gasteiger partial charge in [0, 0.05) is 19.7 Å². The zero-order valence-electron chi connectivity index (χ0n) is 8.44. The molecular formula is C10H15N3O. The first kappa shape index (κ1) is 9.40. The Morgan fingerprint density at radius 3 is 2.79 bits per heavy atom. The number of carbonyl (C=O) groups is 1. The maximum absolute atomic E-state index is 11.0. The van der Waals surface area contributed by atoms with E-state index in [1.807, 2.05) is 10.9 Å². The van der Waals surface area contributed by atoms with Crippen molar-refractivity contribution in [3.8, 4) is 0 Å². The predicted molar refractivity (Wildman–Crippen MR) is 53.3 cm³/mol. The molecule has 0 N–H and O–H groups in total. The van der Waals surface area contributed by atoms with E-state index in [1.165, 1.54) is 19.5 Å². The lowest BCUT2D eigenvalue weighted by atomic mass is 10.2. The van der Waals surface area contributed by atoms with Crippen molar-refractivity contribution in [2.24, 2.45) is 0 Å². The van der Waals surface area contributed by atoms with Crippen LogP contribution in [0.1, 0.15) is 23.8 Å². The number of nitrogens with zero attached hydrogens (tertiary/aromatic N) is 3. The van der Waals surface area contributed by atoms with Gasteiger partial charge in [-0.05, 0) is 25.6 Å². The van der Waals surface area contributed by atoms with Crippen LogP contribution in [0.15, 0.2) is 12.3 Å². The first-order chi connectivity index (χ1) is 6.75. The zero-order chi connectivity index (χ0) is 9.97. The third kappa shape index (κ3) is 2.01. The number of hydrogen-bond donors (Lipinski definition) is 0. The number of aromatic nitrogens is 2. The first-order valence-electron chi connectivity index (χ1n) is 5.02. The second kappa shape index (κ2) is 3.92. The van der Waals surface area contributed by atoms with Gasteiger partial charge < -0.3 is 4.90 Å². The number of likely N-dealkylation sites (tertiary alicyclic amines) is 1. The summed E-state index contributed by atoms with van der Waals surface area (Å²) in [6.45, 7) is 5.88. The lowest BCUT2D eigenvalue weighted by Crippen LogP contribution is -2.39. The molecule has 2 heterocycles. The summed E-state index contributed by atoms with van der Waals surface area (Å²) in [4.78, 5) is 13.4. The molecule has 14 heavy (non-hydrogen) atoms. The SMILES string of the molecule is CC(=O)c1ccn(CCN2CCC2)n1. The molecule has 1 saturated heterocycles. The molecule has 1 aliphatic heterocycles. The maximum Gasteiger partial charge on any atom is 0.179 e. The second-order valence-corrected chi connectivity index (χ2v) is 3.72. The van der Waals surface area contributed by atoms with Crippen LogP contribution in [0.25, 0.3) is 0 Å². The van der Waals surface area contributed by atoms with E-state index in [4.69, 9.17) is 0 Å². The molecule has 1 aromatic rings. The van der Waals surface area contributed by atoms with Gasteiger partial charge in [-0.25, -0.2) is 0 Å². The van der Waals surface area contributed by atoms with E-state index in [2.05, 4.69) is 10.00 Å². The van der Waals surface area contributed by atoms with Crippen molar-refractivity contribution in [3.05, 3.63) is 18.0 Å². The van der Waals surface area contributed by atoms with Gasteiger partial charge in [0.05, 0.1) is 6.54 Å². The summed E-state index contributed by atoms with van der Waals surface area (Å²) in [6.07, 6.45) is 3.19. The smallest absolute Gasteiger partial charge is 0.179 e. The maximum atomic E-state index is 11.0. The Kier molecular flexibility index (Phi) is 2.63. The minimum absolute atomic E-state index is 0.0349. The Bertz CT molecular complexity index is 328. The number of carbonyl (C=O) groups excluding carboxylic acids is 1. The van der Waals surface area contributed by atoms with E-state index in [-0.39, 0.29) is 5.78 Å². The minimum atomic E-state index is 0.0349. The van der Waals surface area contributed by atoms with E-state index in [1.54, 1.807) is 13.0 Å². The summed E-state index contributed by atoms with van der Waals surface area (Å²) in [5, 5.41) is 4.18. The van der Waals surface area contributed by atoms with E-state index in [0.29, 0.717) is 5.69 Å². The monoisotopic (exact) mass is 193 g/mol. The third-order valence-electron chi connectivity index (χ3n) is 2.60. The lowest BCUT2D eigenvalue weighted by Gasteiger charge is -2.30. The quantitative estimate of drug-likeness (QED) is 0.664. The van der Waals surface area contributed by atoms with Crippen molar-refractivity contribution in [1.29, 1.82) is 0 Å². The molecule has 0 unspecified atom stereocenters. The van der Waals surface area contributed by atoms with Crippen LogP contribution in [0.2, 0.25) is 0 Å². The van der Waals surface area contributed by atoms with Crippen molar-refractivity contribution in [3.63, 3.8) is 0 Å². The Morgan fingerprint density at radius 1 is 1.50 bits per heavy atom. The zero-order valence-corrected chi connectivity index (χ0v) is 8.44. The van der Waals surface area contributed by atoms with Gasteiger partial charge in [0.1, 0.15) is 5.69 Å². The van der Waals surface area contributed by atoms with E-state index in [9.17, 15) is 4.79 Å². The molecule has 1 fully saturated rings. The van der Waals surface area contributed by atoms with Crippen molar-refractivity contribution in [2.45, 2.75) is 19.9 Å². The predicted octanol–water partition coefficient (Wildman–Crippen LogP) is 0.791. The standard InChI is InChI=1S/C10H15N3O/c1-9(14)10-3-6-13(11-10)8-7-12-4-2-5-12/h3,6H,2,4-5,7-8H2,1H3. The second-order valence-electron chi connectivity index (χ2n) is 3.72. The van der Waals surface area contributed by atoms with Gasteiger partial charge in [-0.2, -0.15) is 5.10 Å². The largest absolute Gasteiger partial charge is 0.301 e. The molecule has 4 heteroatoms. The van der Waals surface area contributed by atoms with Gasteiger partial charge in [-0.3, -0.25) is 9.48 Å². The molecule has 0 radical (unpaired) electrons. The molecule has 0 saturated carbocycles. The highest BCUT2D eigenvalue weighted by Crippen LogP contribution is 2.05. The first-order valence-corrected chi connectivity index (χ1v) is 5.02. The Morgan fingerprint density at radius 2 is 2.29 bits per heavy atom. The van der Waals surface area contributed by atoms with Crippen LogP contribution in [0, 0.1) is 0 Å². The summed E-state index contributed by atoms with van der Waals surface area (Å²) in [6, 6.07) is 1.78. The fourth-order valence-corrected chi connectivity index (χ4v) is 1.52. The fourth-order valence-electron chi connectivity index (χ4n) is 1.52. The van der Waals surface area contributed by atoms with E-state index < -0.39 is 0 Å². The van der Waals surface area contributed by atoms with Gasteiger partial charge >= 0.3 is 0 Å². The van der Waals surface area contributed by atoms with Gasteiger partial charge in [0.15, 0.2) is 5.78 Å². The Hall–Kier alpha value is -1.16. The van der Waals surface area contributed by atoms with Crippen LogP contribution < -0.4 is 0 Å². The van der Waals surface area contributed by atoms with Crippen LogP contribution >= 0.6 is 0 Å². The number of Topliss-reactive ketones (excluding diaryl/α,β-unsaturated/α-hetero) is 1. The van der Waals surface area contributed by atoms with Crippen molar-refractivity contribution < 1.29 is 4.79 Å². The molecule has 0 aromatic carbocycles. The summed E-state index contributed by atoms with van der Waals surface area (Å²) < 4.78 is 1.84.